The van der Waals surface area contributed by atoms with Crippen molar-refractivity contribution in [3.63, 3.8) is 0 Å². The number of benzene rings is 2. The number of rotatable bonds is 7. The molecule has 0 spiro atoms. The normalized spacial score (nSPS) is 24.6. The van der Waals surface area contributed by atoms with Gasteiger partial charge in [0.2, 0.25) is 0 Å². The van der Waals surface area contributed by atoms with E-state index in [-0.39, 0.29) is 11.3 Å². The van der Waals surface area contributed by atoms with E-state index in [2.05, 4.69) is 4.90 Å². The number of esters is 1. The van der Waals surface area contributed by atoms with Crippen molar-refractivity contribution < 1.29 is 24.4 Å². The van der Waals surface area contributed by atoms with Crippen LogP contribution in [0, 0.1) is 10.1 Å². The summed E-state index contributed by atoms with van der Waals surface area (Å²) in [5.74, 6) is -2.68. The number of allylic oxidation sites excluding steroid dienone is 1. The van der Waals surface area contributed by atoms with E-state index in [1.54, 1.807) is 19.1 Å². The van der Waals surface area contributed by atoms with Gasteiger partial charge in [-0.1, -0.05) is 48.9 Å². The molecule has 4 rings (SSSR count). The number of carbonyl (C=O) groups is 2. The highest BCUT2D eigenvalue weighted by Crippen LogP contribution is 2.51. The number of nitro benzene ring substituents is 1. The van der Waals surface area contributed by atoms with Gasteiger partial charge in [-0.2, -0.15) is 0 Å². The second-order valence-electron chi connectivity index (χ2n) is 9.74. The summed E-state index contributed by atoms with van der Waals surface area (Å²) in [5.41, 5.74) is 0.392. The van der Waals surface area contributed by atoms with Crippen molar-refractivity contribution in [2.24, 2.45) is 0 Å². The third kappa shape index (κ3) is 4.59. The average molecular weight is 508 g/mol. The van der Waals surface area contributed by atoms with Gasteiger partial charge in [0.25, 0.3) is 5.69 Å². The fourth-order valence-electron chi connectivity index (χ4n) is 6.20. The molecule has 3 unspecified atom stereocenters. The van der Waals surface area contributed by atoms with E-state index in [1.807, 2.05) is 42.2 Å². The summed E-state index contributed by atoms with van der Waals surface area (Å²) in [6.07, 6.45) is 2.73. The van der Waals surface area contributed by atoms with E-state index in [4.69, 9.17) is 4.74 Å². The Labute approximate surface area is 216 Å². The Balaban J connectivity index is 2.03. The number of piperidine rings is 1. The van der Waals surface area contributed by atoms with E-state index in [0.717, 1.165) is 24.8 Å². The molecule has 2 aromatic rings. The molecule has 0 bridgehead atoms. The molecule has 0 aromatic heterocycles. The highest BCUT2D eigenvalue weighted by atomic mass is 16.6. The van der Waals surface area contributed by atoms with E-state index >= 15 is 0 Å². The van der Waals surface area contributed by atoms with Crippen LogP contribution in [0.15, 0.2) is 65.9 Å². The van der Waals surface area contributed by atoms with Crippen LogP contribution < -0.4 is 0 Å². The van der Waals surface area contributed by atoms with Gasteiger partial charge in [0.05, 0.1) is 23.6 Å². The van der Waals surface area contributed by atoms with Gasteiger partial charge in [0.1, 0.15) is 0 Å². The molecule has 1 saturated heterocycles. The van der Waals surface area contributed by atoms with Gasteiger partial charge in [-0.3, -0.25) is 15.0 Å². The van der Waals surface area contributed by atoms with Crippen molar-refractivity contribution in [3.05, 3.63) is 87.1 Å². The Morgan fingerprint density at radius 1 is 1.11 bits per heavy atom. The minimum Gasteiger partial charge on any atom is -0.478 e. The molecule has 0 aliphatic carbocycles. The second-order valence-corrected chi connectivity index (χ2v) is 9.74. The Bertz CT molecular complexity index is 1210. The molecule has 37 heavy (non-hydrogen) atoms. The highest BCUT2D eigenvalue weighted by Gasteiger charge is 2.62. The Morgan fingerprint density at radius 2 is 1.78 bits per heavy atom. The Morgan fingerprint density at radius 3 is 2.38 bits per heavy atom. The van der Waals surface area contributed by atoms with Crippen LogP contribution in [-0.4, -0.2) is 63.5 Å². The SMILES string of the molecule is COC(=O)C1(N2CCCCC2)C(c2cccc([N+](=O)[O-])c2)C(C(=O)O)=C(C)N(Cc2ccccc2)C1C. The van der Waals surface area contributed by atoms with Crippen molar-refractivity contribution in [2.45, 2.75) is 57.2 Å². The first-order valence-electron chi connectivity index (χ1n) is 12.6. The second kappa shape index (κ2) is 10.7. The molecule has 196 valence electrons. The maximum absolute atomic E-state index is 14.0. The van der Waals surface area contributed by atoms with E-state index < -0.39 is 34.4 Å². The summed E-state index contributed by atoms with van der Waals surface area (Å²) in [6.45, 7) is 5.27. The lowest BCUT2D eigenvalue weighted by atomic mass is 9.65. The largest absolute Gasteiger partial charge is 0.478 e. The van der Waals surface area contributed by atoms with Gasteiger partial charge in [0.15, 0.2) is 5.54 Å². The van der Waals surface area contributed by atoms with Gasteiger partial charge >= 0.3 is 11.9 Å². The first kappa shape index (κ1) is 26.3. The molecule has 1 fully saturated rings. The van der Waals surface area contributed by atoms with Gasteiger partial charge in [-0.15, -0.1) is 0 Å². The standard InChI is InChI=1S/C28H33N3O6/c1-19-24(26(32)33)25(22-13-10-14-23(17-22)31(35)36)28(27(34)37-3,29-15-8-5-9-16-29)20(2)30(19)18-21-11-6-4-7-12-21/h4,6-7,10-14,17,20,25H,5,8-9,15-16,18H2,1-3H3,(H,32,33). The highest BCUT2D eigenvalue weighted by molar-refractivity contribution is 5.95. The van der Waals surface area contributed by atoms with Gasteiger partial charge in [0, 0.05) is 30.3 Å². The number of ether oxygens (including phenoxy) is 1. The Hall–Kier alpha value is -3.72. The number of carboxylic acids is 1. The average Bonchev–Trinajstić information content (AvgIpc) is 2.91. The van der Waals surface area contributed by atoms with Crippen LogP contribution in [0.3, 0.4) is 0 Å². The number of hydrogen-bond acceptors (Lipinski definition) is 7. The monoisotopic (exact) mass is 507 g/mol. The van der Waals surface area contributed by atoms with E-state index in [0.29, 0.717) is 30.9 Å². The van der Waals surface area contributed by atoms with Crippen molar-refractivity contribution in [3.8, 4) is 0 Å². The first-order chi connectivity index (χ1) is 17.7. The van der Waals surface area contributed by atoms with Crippen molar-refractivity contribution in [1.29, 1.82) is 0 Å². The number of carbonyl (C=O) groups excluding carboxylic acids is 1. The third-order valence-electron chi connectivity index (χ3n) is 7.89. The number of methoxy groups -OCH3 is 1. The topological polar surface area (TPSA) is 113 Å². The molecule has 3 atom stereocenters. The molecule has 2 aliphatic heterocycles. The number of nitro groups is 1. The van der Waals surface area contributed by atoms with Crippen LogP contribution in [0.5, 0.6) is 0 Å². The number of aliphatic carboxylic acids is 1. The zero-order chi connectivity index (χ0) is 26.7. The minimum absolute atomic E-state index is 0.0468. The molecule has 1 N–H and O–H groups in total. The van der Waals surface area contributed by atoms with Crippen LogP contribution in [0.4, 0.5) is 5.69 Å². The van der Waals surface area contributed by atoms with Gasteiger partial charge in [-0.05, 0) is 50.9 Å². The lowest BCUT2D eigenvalue weighted by Gasteiger charge is -2.57. The molecule has 2 heterocycles. The summed E-state index contributed by atoms with van der Waals surface area (Å²) >= 11 is 0. The summed E-state index contributed by atoms with van der Waals surface area (Å²) in [7, 11) is 1.32. The van der Waals surface area contributed by atoms with Crippen LogP contribution in [-0.2, 0) is 20.9 Å². The maximum atomic E-state index is 14.0. The van der Waals surface area contributed by atoms with E-state index in [1.165, 1.54) is 19.2 Å². The fraction of sp³-hybridized carbons (Fsp3) is 0.429. The number of non-ortho nitro benzene ring substituents is 1. The molecule has 9 heteroatoms. The molecule has 2 aromatic carbocycles. The lowest BCUT2D eigenvalue weighted by molar-refractivity contribution is -0.384. The quantitative estimate of drug-likeness (QED) is 0.335. The van der Waals surface area contributed by atoms with Crippen LogP contribution in [0.2, 0.25) is 0 Å². The van der Waals surface area contributed by atoms with Crippen LogP contribution in [0.25, 0.3) is 0 Å². The summed E-state index contributed by atoms with van der Waals surface area (Å²) in [4.78, 5) is 42.2. The lowest BCUT2D eigenvalue weighted by Crippen LogP contribution is -2.71. The van der Waals surface area contributed by atoms with Crippen molar-refractivity contribution >= 4 is 17.6 Å². The first-order valence-corrected chi connectivity index (χ1v) is 12.6. The minimum atomic E-state index is -1.41. The predicted octanol–water partition coefficient (Wildman–Crippen LogP) is 4.34. The zero-order valence-electron chi connectivity index (χ0n) is 21.4. The molecule has 0 saturated carbocycles. The summed E-state index contributed by atoms with van der Waals surface area (Å²) in [5, 5.41) is 22.2. The van der Waals surface area contributed by atoms with Crippen molar-refractivity contribution in [1.82, 2.24) is 9.80 Å². The Kier molecular flexibility index (Phi) is 7.63. The molecule has 2 aliphatic rings. The molecule has 9 nitrogen and oxygen atoms in total. The van der Waals surface area contributed by atoms with Gasteiger partial charge < -0.3 is 14.7 Å². The maximum Gasteiger partial charge on any atom is 0.334 e. The number of carboxylic acid groups (broad SMARTS) is 1. The van der Waals surface area contributed by atoms with Crippen LogP contribution in [0.1, 0.15) is 50.2 Å². The fourth-order valence-corrected chi connectivity index (χ4v) is 6.20. The van der Waals surface area contributed by atoms with Crippen LogP contribution >= 0.6 is 0 Å². The van der Waals surface area contributed by atoms with Gasteiger partial charge in [-0.25, -0.2) is 9.59 Å². The smallest absolute Gasteiger partial charge is 0.334 e. The molecular formula is C28H33N3O6. The van der Waals surface area contributed by atoms with Crippen molar-refractivity contribution in [2.75, 3.05) is 20.2 Å². The summed E-state index contributed by atoms with van der Waals surface area (Å²) < 4.78 is 5.45. The zero-order valence-corrected chi connectivity index (χ0v) is 21.4. The molecule has 0 amide bonds. The summed E-state index contributed by atoms with van der Waals surface area (Å²) in [6, 6.07) is 15.2. The molecule has 0 radical (unpaired) electrons. The number of nitrogens with zero attached hydrogens (tertiary/aromatic N) is 3. The predicted molar refractivity (Wildman–Crippen MR) is 138 cm³/mol. The number of hydrogen-bond donors (Lipinski definition) is 1. The van der Waals surface area contributed by atoms with E-state index in [9.17, 15) is 24.8 Å². The number of likely N-dealkylation sites (tertiary alicyclic amines) is 1. The molecular weight excluding hydrogens is 474 g/mol. The third-order valence-corrected chi connectivity index (χ3v) is 7.89.